The second kappa shape index (κ2) is 3.90. The van der Waals surface area contributed by atoms with Crippen LogP contribution in [0.25, 0.3) is 5.65 Å². The van der Waals surface area contributed by atoms with Gasteiger partial charge in [0.15, 0.2) is 11.4 Å². The molecule has 0 amide bonds. The normalized spacial score (nSPS) is 10.9. The van der Waals surface area contributed by atoms with Gasteiger partial charge in [-0.3, -0.25) is 4.40 Å². The van der Waals surface area contributed by atoms with Crippen LogP contribution in [-0.2, 0) is 6.54 Å². The Kier molecular flexibility index (Phi) is 2.60. The number of nitrogens with zero attached hydrogens (tertiary/aromatic N) is 2. The Morgan fingerprint density at radius 3 is 3.00 bits per heavy atom. The van der Waals surface area contributed by atoms with E-state index in [2.05, 4.69) is 4.98 Å². The predicted molar refractivity (Wildman–Crippen MR) is 59.0 cm³/mol. The van der Waals surface area contributed by atoms with Gasteiger partial charge in [-0.1, -0.05) is 0 Å². The third-order valence-corrected chi connectivity index (χ3v) is 2.41. The van der Waals surface area contributed by atoms with Crippen molar-refractivity contribution in [3.8, 4) is 5.75 Å². The molecule has 15 heavy (non-hydrogen) atoms. The van der Waals surface area contributed by atoms with Gasteiger partial charge >= 0.3 is 0 Å². The van der Waals surface area contributed by atoms with Gasteiger partial charge in [0.2, 0.25) is 0 Å². The number of hydrogen-bond acceptors (Lipinski definition) is 3. The smallest absolute Gasteiger partial charge is 0.180 e. The first kappa shape index (κ1) is 9.98. The summed E-state index contributed by atoms with van der Waals surface area (Å²) in [5.74, 6) is 0.808. The molecule has 2 aromatic rings. The summed E-state index contributed by atoms with van der Waals surface area (Å²) in [6, 6.07) is 3.86. The summed E-state index contributed by atoms with van der Waals surface area (Å²) in [7, 11) is 0. The molecule has 0 fully saturated rings. The van der Waals surface area contributed by atoms with Gasteiger partial charge in [0, 0.05) is 12.7 Å². The van der Waals surface area contributed by atoms with E-state index in [1.54, 1.807) is 0 Å². The third-order valence-electron chi connectivity index (χ3n) is 2.41. The highest BCUT2D eigenvalue weighted by Gasteiger charge is 2.10. The van der Waals surface area contributed by atoms with E-state index < -0.39 is 0 Å². The van der Waals surface area contributed by atoms with E-state index >= 15 is 0 Å². The number of aromatic nitrogens is 2. The lowest BCUT2D eigenvalue weighted by molar-refractivity contribution is 0.342. The summed E-state index contributed by atoms with van der Waals surface area (Å²) < 4.78 is 7.49. The zero-order valence-corrected chi connectivity index (χ0v) is 9.03. The number of imidazole rings is 1. The van der Waals surface area contributed by atoms with Gasteiger partial charge in [-0.05, 0) is 26.0 Å². The molecule has 2 heterocycles. The van der Waals surface area contributed by atoms with E-state index in [1.165, 1.54) is 0 Å². The summed E-state index contributed by atoms with van der Waals surface area (Å²) in [6.07, 6.45) is 1.96. The van der Waals surface area contributed by atoms with Crippen LogP contribution in [0.15, 0.2) is 18.3 Å². The molecule has 0 radical (unpaired) electrons. The number of fused-ring (bicyclic) bond motifs is 1. The average Bonchev–Trinajstić information content (AvgIpc) is 2.55. The summed E-state index contributed by atoms with van der Waals surface area (Å²) in [5, 5.41) is 0. The molecule has 80 valence electrons. The summed E-state index contributed by atoms with van der Waals surface area (Å²) in [5.41, 5.74) is 8.52. The van der Waals surface area contributed by atoms with Gasteiger partial charge in [0.25, 0.3) is 0 Å². The van der Waals surface area contributed by atoms with Gasteiger partial charge in [0.1, 0.15) is 0 Å². The van der Waals surface area contributed by atoms with Crippen molar-refractivity contribution in [2.75, 3.05) is 6.61 Å². The Morgan fingerprint density at radius 2 is 2.33 bits per heavy atom. The van der Waals surface area contributed by atoms with Crippen LogP contribution in [0.3, 0.4) is 0 Å². The molecule has 2 rings (SSSR count). The van der Waals surface area contributed by atoms with Crippen molar-refractivity contribution >= 4 is 5.65 Å². The standard InChI is InChI=1S/C11H15N3O/c1-3-15-10-5-4-6-14-9(7-12)8(2)13-11(10)14/h4-6H,3,7,12H2,1-2H3. The van der Waals surface area contributed by atoms with Crippen molar-refractivity contribution in [2.45, 2.75) is 20.4 Å². The highest BCUT2D eigenvalue weighted by atomic mass is 16.5. The molecule has 0 aliphatic rings. The Bertz CT molecular complexity index is 476. The van der Waals surface area contributed by atoms with E-state index in [9.17, 15) is 0 Å². The molecule has 0 saturated heterocycles. The molecule has 0 aliphatic carbocycles. The fourth-order valence-electron chi connectivity index (χ4n) is 1.72. The number of aryl methyl sites for hydroxylation is 1. The first-order valence-electron chi connectivity index (χ1n) is 5.07. The highest BCUT2D eigenvalue weighted by Crippen LogP contribution is 2.21. The maximum absolute atomic E-state index is 5.68. The number of pyridine rings is 1. The lowest BCUT2D eigenvalue weighted by Gasteiger charge is -2.04. The van der Waals surface area contributed by atoms with Gasteiger partial charge in [-0.25, -0.2) is 4.98 Å². The lowest BCUT2D eigenvalue weighted by Crippen LogP contribution is -2.02. The number of ether oxygens (including phenoxy) is 1. The topological polar surface area (TPSA) is 52.5 Å². The zero-order valence-electron chi connectivity index (χ0n) is 9.03. The SMILES string of the molecule is CCOc1cccn2c(CN)c(C)nc12. The molecule has 0 aliphatic heterocycles. The first-order valence-corrected chi connectivity index (χ1v) is 5.07. The van der Waals surface area contributed by atoms with E-state index in [4.69, 9.17) is 10.5 Å². The molecule has 2 aromatic heterocycles. The average molecular weight is 205 g/mol. The Labute approximate surface area is 88.7 Å². The van der Waals surface area contributed by atoms with Crippen molar-refractivity contribution in [3.63, 3.8) is 0 Å². The zero-order chi connectivity index (χ0) is 10.8. The summed E-state index contributed by atoms with van der Waals surface area (Å²) >= 11 is 0. The molecule has 0 bridgehead atoms. The van der Waals surface area contributed by atoms with E-state index in [0.29, 0.717) is 13.2 Å². The Morgan fingerprint density at radius 1 is 1.53 bits per heavy atom. The van der Waals surface area contributed by atoms with Crippen LogP contribution in [0.4, 0.5) is 0 Å². The van der Waals surface area contributed by atoms with Gasteiger partial charge < -0.3 is 10.5 Å². The fraction of sp³-hybridized carbons (Fsp3) is 0.364. The van der Waals surface area contributed by atoms with Crippen LogP contribution in [0, 0.1) is 6.92 Å². The molecule has 0 saturated carbocycles. The summed E-state index contributed by atoms with van der Waals surface area (Å²) in [6.45, 7) is 5.06. The van der Waals surface area contributed by atoms with Crippen molar-refractivity contribution in [2.24, 2.45) is 5.73 Å². The van der Waals surface area contributed by atoms with Gasteiger partial charge in [-0.15, -0.1) is 0 Å². The van der Waals surface area contributed by atoms with Crippen molar-refractivity contribution in [3.05, 3.63) is 29.7 Å². The van der Waals surface area contributed by atoms with E-state index in [-0.39, 0.29) is 0 Å². The van der Waals surface area contributed by atoms with Crippen molar-refractivity contribution < 1.29 is 4.74 Å². The fourth-order valence-corrected chi connectivity index (χ4v) is 1.72. The first-order chi connectivity index (χ1) is 7.27. The minimum Gasteiger partial charge on any atom is -0.490 e. The minimum atomic E-state index is 0.489. The van der Waals surface area contributed by atoms with Gasteiger partial charge in [0.05, 0.1) is 18.0 Å². The quantitative estimate of drug-likeness (QED) is 0.826. The Balaban J connectivity index is 2.66. The van der Waals surface area contributed by atoms with Crippen LogP contribution >= 0.6 is 0 Å². The monoisotopic (exact) mass is 205 g/mol. The Hall–Kier alpha value is -1.55. The van der Waals surface area contributed by atoms with E-state index in [1.807, 2.05) is 36.6 Å². The van der Waals surface area contributed by atoms with Crippen LogP contribution in [0.2, 0.25) is 0 Å². The molecule has 0 atom stereocenters. The van der Waals surface area contributed by atoms with Crippen LogP contribution < -0.4 is 10.5 Å². The molecule has 0 unspecified atom stereocenters. The van der Waals surface area contributed by atoms with Gasteiger partial charge in [-0.2, -0.15) is 0 Å². The van der Waals surface area contributed by atoms with E-state index in [0.717, 1.165) is 22.8 Å². The number of rotatable bonds is 3. The molecule has 4 nitrogen and oxygen atoms in total. The van der Waals surface area contributed by atoms with Crippen molar-refractivity contribution in [1.82, 2.24) is 9.38 Å². The van der Waals surface area contributed by atoms with Crippen LogP contribution in [0.1, 0.15) is 18.3 Å². The largest absolute Gasteiger partial charge is 0.490 e. The maximum atomic E-state index is 5.68. The summed E-state index contributed by atoms with van der Waals surface area (Å²) in [4.78, 5) is 4.46. The minimum absolute atomic E-state index is 0.489. The second-order valence-electron chi connectivity index (χ2n) is 3.35. The molecule has 4 heteroatoms. The van der Waals surface area contributed by atoms with Crippen LogP contribution in [0.5, 0.6) is 5.75 Å². The van der Waals surface area contributed by atoms with Crippen molar-refractivity contribution in [1.29, 1.82) is 0 Å². The molecule has 0 aromatic carbocycles. The number of hydrogen-bond donors (Lipinski definition) is 1. The molecular formula is C11H15N3O. The maximum Gasteiger partial charge on any atom is 0.180 e. The third kappa shape index (κ3) is 1.57. The van der Waals surface area contributed by atoms with Crippen LogP contribution in [-0.4, -0.2) is 16.0 Å². The molecule has 0 spiro atoms. The molecule has 2 N–H and O–H groups in total. The molecular weight excluding hydrogens is 190 g/mol. The highest BCUT2D eigenvalue weighted by molar-refractivity contribution is 5.56. The lowest BCUT2D eigenvalue weighted by atomic mass is 10.3. The second-order valence-corrected chi connectivity index (χ2v) is 3.35. The number of nitrogens with two attached hydrogens (primary N) is 1. The predicted octanol–water partition coefficient (Wildman–Crippen LogP) is 1.50.